The molecule has 1 aliphatic heterocycles. The van der Waals surface area contributed by atoms with Crippen molar-refractivity contribution in [1.82, 2.24) is 15.2 Å². The number of fused-ring (bicyclic) bond motifs is 1. The van der Waals surface area contributed by atoms with Crippen LogP contribution in [0.4, 0.5) is 5.82 Å². The molecule has 0 fully saturated rings. The Morgan fingerprint density at radius 3 is 2.72 bits per heavy atom. The average molecular weight is 260 g/mol. The highest BCUT2D eigenvalue weighted by Crippen LogP contribution is 2.43. The van der Waals surface area contributed by atoms with Gasteiger partial charge in [0, 0.05) is 39.9 Å². The molecule has 0 saturated heterocycles. The molecule has 2 aromatic rings. The number of rotatable bonds is 1. The summed E-state index contributed by atoms with van der Waals surface area (Å²) < 4.78 is 0. The van der Waals surface area contributed by atoms with Crippen LogP contribution in [0.15, 0.2) is 10.4 Å². The van der Waals surface area contributed by atoms with Gasteiger partial charge in [-0.25, -0.2) is 9.98 Å². The third kappa shape index (κ3) is 1.61. The number of hydrogen-bond acceptors (Lipinski definition) is 4. The molecule has 0 bridgehead atoms. The van der Waals surface area contributed by atoms with Crippen molar-refractivity contribution < 1.29 is 0 Å². The predicted molar refractivity (Wildman–Crippen MR) is 74.0 cm³/mol. The molecule has 1 aliphatic rings. The highest BCUT2D eigenvalue weighted by Gasteiger charge is 2.34. The fourth-order valence-corrected chi connectivity index (χ4v) is 3.50. The molecule has 18 heavy (non-hydrogen) atoms. The number of H-pyrrole nitrogens is 1. The van der Waals surface area contributed by atoms with E-state index in [0.717, 1.165) is 22.9 Å². The van der Waals surface area contributed by atoms with Crippen molar-refractivity contribution in [3.8, 4) is 0 Å². The summed E-state index contributed by atoms with van der Waals surface area (Å²) in [5, 5.41) is 10.6. The molecule has 0 amide bonds. The minimum Gasteiger partial charge on any atom is -0.280 e. The number of thiazole rings is 1. The molecule has 0 spiro atoms. The number of nitrogens with zero attached hydrogens (tertiary/aromatic N) is 3. The Labute approximate surface area is 110 Å². The van der Waals surface area contributed by atoms with Gasteiger partial charge in [0.2, 0.25) is 0 Å². The summed E-state index contributed by atoms with van der Waals surface area (Å²) >= 11 is 1.73. The van der Waals surface area contributed by atoms with Gasteiger partial charge in [-0.2, -0.15) is 5.10 Å². The van der Waals surface area contributed by atoms with Crippen LogP contribution in [-0.4, -0.2) is 20.9 Å². The number of aromatic amines is 1. The summed E-state index contributed by atoms with van der Waals surface area (Å²) in [4.78, 5) is 9.24. The highest BCUT2D eigenvalue weighted by atomic mass is 32.1. The van der Waals surface area contributed by atoms with Crippen LogP contribution in [0.2, 0.25) is 0 Å². The van der Waals surface area contributed by atoms with Crippen LogP contribution in [0.5, 0.6) is 0 Å². The van der Waals surface area contributed by atoms with Crippen LogP contribution in [0.1, 0.15) is 41.7 Å². The molecule has 1 N–H and O–H groups in total. The molecule has 3 heterocycles. The molecular formula is C13H16N4S. The van der Waals surface area contributed by atoms with Gasteiger partial charge in [-0.3, -0.25) is 5.10 Å². The first kappa shape index (κ1) is 11.6. The first-order chi connectivity index (χ1) is 8.58. The largest absolute Gasteiger partial charge is 0.280 e. The lowest BCUT2D eigenvalue weighted by atomic mass is 9.82. The summed E-state index contributed by atoms with van der Waals surface area (Å²) in [5.41, 5.74) is 4.53. The maximum Gasteiger partial charge on any atom is 0.177 e. The van der Waals surface area contributed by atoms with Crippen molar-refractivity contribution in [1.29, 1.82) is 0 Å². The summed E-state index contributed by atoms with van der Waals surface area (Å²) in [7, 11) is 0. The van der Waals surface area contributed by atoms with Crippen LogP contribution in [0.25, 0.3) is 0 Å². The quantitative estimate of drug-likeness (QED) is 0.854. The molecule has 0 aromatic carbocycles. The van der Waals surface area contributed by atoms with Crippen molar-refractivity contribution in [3.63, 3.8) is 0 Å². The highest BCUT2D eigenvalue weighted by molar-refractivity contribution is 7.09. The minimum absolute atomic E-state index is 0.287. The lowest BCUT2D eigenvalue weighted by Gasteiger charge is -2.26. The summed E-state index contributed by atoms with van der Waals surface area (Å²) in [6, 6.07) is 0. The Kier molecular flexibility index (Phi) is 2.59. The van der Waals surface area contributed by atoms with Crippen LogP contribution in [0.3, 0.4) is 0 Å². The normalized spacial score (nSPS) is 22.8. The topological polar surface area (TPSA) is 53.9 Å². The third-order valence-corrected chi connectivity index (χ3v) is 4.68. The number of nitrogens with one attached hydrogen (secondary N) is 1. The van der Waals surface area contributed by atoms with E-state index >= 15 is 0 Å². The molecule has 2 aromatic heterocycles. The number of aromatic nitrogens is 3. The predicted octanol–water partition coefficient (Wildman–Crippen LogP) is 3.36. The second-order valence-corrected chi connectivity index (χ2v) is 5.82. The lowest BCUT2D eigenvalue weighted by Crippen LogP contribution is -2.22. The zero-order valence-corrected chi connectivity index (χ0v) is 11.8. The molecule has 0 radical (unpaired) electrons. The average Bonchev–Trinajstić information content (AvgIpc) is 2.89. The van der Waals surface area contributed by atoms with Crippen molar-refractivity contribution in [3.05, 3.63) is 27.3 Å². The van der Waals surface area contributed by atoms with Crippen LogP contribution in [0, 0.1) is 19.8 Å². The fourth-order valence-electron chi connectivity index (χ4n) is 2.49. The smallest absolute Gasteiger partial charge is 0.177 e. The molecule has 94 valence electrons. The van der Waals surface area contributed by atoms with E-state index in [1.165, 1.54) is 10.6 Å². The van der Waals surface area contributed by atoms with Crippen LogP contribution in [-0.2, 0) is 0 Å². The summed E-state index contributed by atoms with van der Waals surface area (Å²) in [5.74, 6) is 1.50. The molecular weight excluding hydrogens is 244 g/mol. The van der Waals surface area contributed by atoms with Gasteiger partial charge >= 0.3 is 0 Å². The number of aryl methyl sites for hydroxylation is 2. The van der Waals surface area contributed by atoms with Crippen LogP contribution < -0.4 is 0 Å². The molecule has 5 heteroatoms. The second-order valence-electron chi connectivity index (χ2n) is 4.93. The van der Waals surface area contributed by atoms with Gasteiger partial charge in [0.15, 0.2) is 5.82 Å². The fraction of sp³-hybridized carbons (Fsp3) is 0.462. The Balaban J connectivity index is 2.18. The zero-order chi connectivity index (χ0) is 12.9. The Hall–Kier alpha value is -1.49. The van der Waals surface area contributed by atoms with Crippen molar-refractivity contribution >= 4 is 22.9 Å². The monoisotopic (exact) mass is 260 g/mol. The summed E-state index contributed by atoms with van der Waals surface area (Å²) in [6.45, 7) is 8.39. The maximum absolute atomic E-state index is 4.66. The molecule has 0 aliphatic carbocycles. The second kappa shape index (κ2) is 4.02. The molecule has 2 unspecified atom stereocenters. The number of hydrogen-bond donors (Lipinski definition) is 1. The van der Waals surface area contributed by atoms with E-state index in [1.54, 1.807) is 11.3 Å². The van der Waals surface area contributed by atoms with E-state index in [0.29, 0.717) is 5.92 Å². The lowest BCUT2D eigenvalue weighted by molar-refractivity contribution is 0.638. The van der Waals surface area contributed by atoms with E-state index in [-0.39, 0.29) is 5.92 Å². The van der Waals surface area contributed by atoms with Gasteiger partial charge in [-0.15, -0.1) is 11.3 Å². The molecule has 0 saturated carbocycles. The molecule has 2 atom stereocenters. The first-order valence-corrected chi connectivity index (χ1v) is 6.98. The van der Waals surface area contributed by atoms with E-state index in [1.807, 2.05) is 6.92 Å². The van der Waals surface area contributed by atoms with Gasteiger partial charge in [0.25, 0.3) is 0 Å². The number of aliphatic imine (C=N–C) groups is 1. The van der Waals surface area contributed by atoms with E-state index in [2.05, 4.69) is 46.3 Å². The van der Waals surface area contributed by atoms with E-state index < -0.39 is 0 Å². The first-order valence-electron chi connectivity index (χ1n) is 6.10. The van der Waals surface area contributed by atoms with E-state index in [4.69, 9.17) is 0 Å². The molecule has 3 rings (SSSR count). The zero-order valence-electron chi connectivity index (χ0n) is 11.0. The SMILES string of the molecule is CC1=Nc2n[nH]c(C)c2C(c2nc(C)cs2)C1C. The Morgan fingerprint density at radius 2 is 2.06 bits per heavy atom. The third-order valence-electron chi connectivity index (χ3n) is 3.63. The van der Waals surface area contributed by atoms with Crippen molar-refractivity contribution in [2.45, 2.75) is 33.6 Å². The Bertz CT molecular complexity index is 623. The van der Waals surface area contributed by atoms with Gasteiger partial charge in [-0.05, 0) is 20.8 Å². The van der Waals surface area contributed by atoms with Gasteiger partial charge in [-0.1, -0.05) is 6.92 Å². The van der Waals surface area contributed by atoms with Gasteiger partial charge < -0.3 is 0 Å². The standard InChI is InChI=1S/C13H16N4S/c1-6-5-18-13(14-6)10-7(2)8(3)15-12-11(10)9(4)16-17-12/h5,7,10H,1-4H3,(H,16,17). The maximum atomic E-state index is 4.66. The van der Waals surface area contributed by atoms with Crippen molar-refractivity contribution in [2.24, 2.45) is 10.9 Å². The summed E-state index contributed by atoms with van der Waals surface area (Å²) in [6.07, 6.45) is 0. The Morgan fingerprint density at radius 1 is 1.28 bits per heavy atom. The molecule has 4 nitrogen and oxygen atoms in total. The van der Waals surface area contributed by atoms with Crippen LogP contribution >= 0.6 is 11.3 Å². The minimum atomic E-state index is 0.287. The van der Waals surface area contributed by atoms with Gasteiger partial charge in [0.05, 0.1) is 0 Å². The van der Waals surface area contributed by atoms with Gasteiger partial charge in [0.1, 0.15) is 5.01 Å². The van der Waals surface area contributed by atoms with Crippen molar-refractivity contribution in [2.75, 3.05) is 0 Å². The van der Waals surface area contributed by atoms with E-state index in [9.17, 15) is 0 Å².